The summed E-state index contributed by atoms with van der Waals surface area (Å²) in [5.41, 5.74) is 0. The van der Waals surface area contributed by atoms with Crippen molar-refractivity contribution in [2.75, 3.05) is 13.2 Å². The highest BCUT2D eigenvalue weighted by Gasteiger charge is 2.07. The monoisotopic (exact) mass is 230 g/mol. The van der Waals surface area contributed by atoms with Crippen molar-refractivity contribution in [2.45, 2.75) is 32.4 Å². The lowest BCUT2D eigenvalue weighted by molar-refractivity contribution is 0.104. The molecule has 86 valence electrons. The molecule has 0 fully saturated rings. The predicted octanol–water partition coefficient (Wildman–Crippen LogP) is 1.27. The van der Waals surface area contributed by atoms with Gasteiger partial charge in [0.25, 0.3) is 5.19 Å². The molecule has 0 bridgehead atoms. The lowest BCUT2D eigenvalue weighted by Crippen LogP contribution is -2.36. The van der Waals surface area contributed by atoms with E-state index >= 15 is 0 Å². The summed E-state index contributed by atoms with van der Waals surface area (Å²) in [4.78, 5) is 3.96. The second-order valence-corrected chi connectivity index (χ2v) is 4.34. The van der Waals surface area contributed by atoms with Gasteiger partial charge in [-0.05, 0) is 13.3 Å². The number of aliphatic hydroxyl groups excluding tert-OH is 1. The number of nitrogens with zero attached hydrogens (tertiary/aromatic N) is 1. The molecule has 4 nitrogen and oxygen atoms in total. The van der Waals surface area contributed by atoms with Gasteiger partial charge in [0.15, 0.2) is 0 Å². The molecule has 1 heterocycles. The molecule has 1 aromatic heterocycles. The zero-order chi connectivity index (χ0) is 11.1. The van der Waals surface area contributed by atoms with E-state index in [0.717, 1.165) is 6.42 Å². The van der Waals surface area contributed by atoms with Crippen LogP contribution in [0, 0.1) is 0 Å². The number of aromatic nitrogens is 1. The lowest BCUT2D eigenvalue weighted by Gasteiger charge is -2.15. The van der Waals surface area contributed by atoms with E-state index in [4.69, 9.17) is 4.74 Å². The Labute approximate surface area is 94.3 Å². The third kappa shape index (κ3) is 5.11. The fourth-order valence-corrected chi connectivity index (χ4v) is 1.49. The topological polar surface area (TPSA) is 54.4 Å². The molecule has 0 aromatic carbocycles. The molecule has 0 amide bonds. The maximum Gasteiger partial charge on any atom is 0.273 e. The first kappa shape index (κ1) is 12.4. The largest absolute Gasteiger partial charge is 0.467 e. The van der Waals surface area contributed by atoms with Crippen LogP contribution in [0.15, 0.2) is 11.6 Å². The average Bonchev–Trinajstić information content (AvgIpc) is 2.75. The fourth-order valence-electron chi connectivity index (χ4n) is 0.990. The Morgan fingerprint density at radius 1 is 1.67 bits per heavy atom. The number of hydrogen-bond donors (Lipinski definition) is 2. The second kappa shape index (κ2) is 6.76. The second-order valence-electron chi connectivity index (χ2n) is 3.48. The van der Waals surface area contributed by atoms with Gasteiger partial charge in [-0.3, -0.25) is 0 Å². The Hall–Kier alpha value is -0.650. The molecule has 0 saturated carbocycles. The van der Waals surface area contributed by atoms with Crippen molar-refractivity contribution in [3.8, 4) is 5.19 Å². The van der Waals surface area contributed by atoms with Crippen molar-refractivity contribution >= 4 is 11.3 Å². The number of thiazole rings is 1. The van der Waals surface area contributed by atoms with E-state index in [1.54, 1.807) is 6.20 Å². The van der Waals surface area contributed by atoms with E-state index in [1.165, 1.54) is 11.3 Å². The smallest absolute Gasteiger partial charge is 0.273 e. The van der Waals surface area contributed by atoms with E-state index in [0.29, 0.717) is 17.8 Å². The highest BCUT2D eigenvalue weighted by Crippen LogP contribution is 2.13. The van der Waals surface area contributed by atoms with Gasteiger partial charge in [-0.2, -0.15) is 0 Å². The van der Waals surface area contributed by atoms with Gasteiger partial charge >= 0.3 is 0 Å². The average molecular weight is 230 g/mol. The summed E-state index contributed by atoms with van der Waals surface area (Å²) in [5, 5.41) is 15.3. The minimum atomic E-state index is -0.483. The maximum absolute atomic E-state index is 9.58. The summed E-state index contributed by atoms with van der Waals surface area (Å²) in [7, 11) is 0. The molecule has 2 N–H and O–H groups in total. The van der Waals surface area contributed by atoms with E-state index < -0.39 is 6.10 Å². The molecule has 1 aromatic rings. The summed E-state index contributed by atoms with van der Waals surface area (Å²) < 4.78 is 5.29. The zero-order valence-electron chi connectivity index (χ0n) is 9.14. The van der Waals surface area contributed by atoms with Crippen LogP contribution in [-0.4, -0.2) is 35.4 Å². The zero-order valence-corrected chi connectivity index (χ0v) is 9.96. The van der Waals surface area contributed by atoms with Crippen LogP contribution < -0.4 is 10.1 Å². The first-order valence-corrected chi connectivity index (χ1v) is 6.04. The van der Waals surface area contributed by atoms with Gasteiger partial charge in [-0.25, -0.2) is 4.98 Å². The fraction of sp³-hybridized carbons (Fsp3) is 0.700. The number of ether oxygens (including phenoxy) is 1. The van der Waals surface area contributed by atoms with Gasteiger partial charge in [0, 0.05) is 24.2 Å². The van der Waals surface area contributed by atoms with Crippen molar-refractivity contribution in [1.82, 2.24) is 10.3 Å². The minimum Gasteiger partial charge on any atom is -0.467 e. The minimum absolute atomic E-state index is 0.289. The maximum atomic E-state index is 9.58. The summed E-state index contributed by atoms with van der Waals surface area (Å²) in [6.45, 7) is 5.04. The normalized spacial score (nSPS) is 14.9. The van der Waals surface area contributed by atoms with Gasteiger partial charge in [-0.15, -0.1) is 0 Å². The van der Waals surface area contributed by atoms with E-state index in [9.17, 15) is 5.11 Å². The first-order valence-electron chi connectivity index (χ1n) is 5.16. The Balaban J connectivity index is 2.11. The molecule has 1 rings (SSSR count). The standard InChI is InChI=1S/C10H18N2O2S/c1-3-8(2)12-6-9(13)7-14-10-11-4-5-15-10/h4-5,8-9,12-13H,3,6-7H2,1-2H3. The van der Waals surface area contributed by atoms with Gasteiger partial charge < -0.3 is 15.2 Å². The van der Waals surface area contributed by atoms with Crippen LogP contribution in [0.25, 0.3) is 0 Å². The SMILES string of the molecule is CCC(C)NCC(O)COc1nccs1. The highest BCUT2D eigenvalue weighted by molar-refractivity contribution is 7.11. The van der Waals surface area contributed by atoms with Crippen LogP contribution in [0.2, 0.25) is 0 Å². The molecule has 0 aliphatic rings. The molecule has 0 radical (unpaired) electrons. The molecule has 0 spiro atoms. The van der Waals surface area contributed by atoms with E-state index in [-0.39, 0.29) is 6.61 Å². The molecule has 5 heteroatoms. The summed E-state index contributed by atoms with van der Waals surface area (Å²) >= 11 is 1.43. The molecular weight excluding hydrogens is 212 g/mol. The molecule has 0 aliphatic carbocycles. The van der Waals surface area contributed by atoms with Crippen LogP contribution in [0.3, 0.4) is 0 Å². The number of nitrogens with one attached hydrogen (secondary N) is 1. The summed E-state index contributed by atoms with van der Waals surface area (Å²) in [6.07, 6.45) is 2.26. The third-order valence-corrected chi connectivity index (χ3v) is 2.81. The predicted molar refractivity (Wildman–Crippen MR) is 61.4 cm³/mol. The van der Waals surface area contributed by atoms with Crippen LogP contribution >= 0.6 is 11.3 Å². The molecule has 0 saturated heterocycles. The summed E-state index contributed by atoms with van der Waals surface area (Å²) in [5.74, 6) is 0. The van der Waals surface area contributed by atoms with Gasteiger partial charge in [-0.1, -0.05) is 18.3 Å². The molecule has 2 atom stereocenters. The lowest BCUT2D eigenvalue weighted by atomic mass is 10.2. The van der Waals surface area contributed by atoms with Crippen molar-refractivity contribution in [2.24, 2.45) is 0 Å². The van der Waals surface area contributed by atoms with Crippen molar-refractivity contribution < 1.29 is 9.84 Å². The number of aliphatic hydroxyl groups is 1. The quantitative estimate of drug-likeness (QED) is 0.740. The Bertz CT molecular complexity index is 254. The van der Waals surface area contributed by atoms with Crippen LogP contribution in [0.4, 0.5) is 0 Å². The number of rotatable bonds is 7. The van der Waals surface area contributed by atoms with Crippen molar-refractivity contribution in [1.29, 1.82) is 0 Å². The molecule has 0 aliphatic heterocycles. The van der Waals surface area contributed by atoms with Crippen molar-refractivity contribution in [3.63, 3.8) is 0 Å². The highest BCUT2D eigenvalue weighted by atomic mass is 32.1. The van der Waals surface area contributed by atoms with Gasteiger partial charge in [0.1, 0.15) is 12.7 Å². The van der Waals surface area contributed by atoms with Crippen LogP contribution in [0.1, 0.15) is 20.3 Å². The Morgan fingerprint density at radius 3 is 3.07 bits per heavy atom. The first-order chi connectivity index (χ1) is 7.22. The van der Waals surface area contributed by atoms with Crippen LogP contribution in [-0.2, 0) is 0 Å². The van der Waals surface area contributed by atoms with E-state index in [2.05, 4.69) is 24.1 Å². The molecule has 15 heavy (non-hydrogen) atoms. The van der Waals surface area contributed by atoms with E-state index in [1.807, 2.05) is 5.38 Å². The van der Waals surface area contributed by atoms with Crippen molar-refractivity contribution in [3.05, 3.63) is 11.6 Å². The third-order valence-electron chi connectivity index (χ3n) is 2.12. The number of hydrogen-bond acceptors (Lipinski definition) is 5. The molecular formula is C10H18N2O2S. The Morgan fingerprint density at radius 2 is 2.47 bits per heavy atom. The van der Waals surface area contributed by atoms with Crippen LogP contribution in [0.5, 0.6) is 5.19 Å². The summed E-state index contributed by atoms with van der Waals surface area (Å²) in [6, 6.07) is 0.430. The van der Waals surface area contributed by atoms with Gasteiger partial charge in [0.2, 0.25) is 0 Å². The molecule has 2 unspecified atom stereocenters. The van der Waals surface area contributed by atoms with Gasteiger partial charge in [0.05, 0.1) is 0 Å². The Kier molecular flexibility index (Phi) is 5.60.